The molecule has 3 heteroatoms. The summed E-state index contributed by atoms with van der Waals surface area (Å²) in [6.07, 6.45) is 0.916. The lowest BCUT2D eigenvalue weighted by molar-refractivity contribution is -0.114. The normalized spacial score (nSPS) is 8.00. The van der Waals surface area contributed by atoms with Gasteiger partial charge in [0.05, 0.1) is 0 Å². The lowest BCUT2D eigenvalue weighted by atomic mass is 10.2. The molecule has 8 heavy (non-hydrogen) atoms. The highest BCUT2D eigenvalue weighted by Gasteiger charge is 1.94. The Balaban J connectivity index is 3.16. The molecule has 0 aromatic carbocycles. The van der Waals surface area contributed by atoms with Crippen molar-refractivity contribution in [1.82, 2.24) is 0 Å². The van der Waals surface area contributed by atoms with E-state index >= 15 is 0 Å². The molecule has 44 valence electrons. The quantitative estimate of drug-likeness (QED) is 0.515. The first kappa shape index (κ1) is 7.12. The fourth-order valence-electron chi connectivity index (χ4n) is 0.319. The van der Waals surface area contributed by atoms with Gasteiger partial charge in [-0.25, -0.2) is 0 Å². The van der Waals surface area contributed by atoms with E-state index in [2.05, 4.69) is 0 Å². The number of nitrogens with two attached hydrogens (primary N) is 1. The number of rotatable bonds is 3. The van der Waals surface area contributed by atoms with Crippen molar-refractivity contribution in [2.45, 2.75) is 12.8 Å². The number of hydrogen-bond acceptors (Lipinski definition) is 3. The van der Waals surface area contributed by atoms with Gasteiger partial charge in [-0.05, 0) is 13.0 Å². The smallest absolute Gasteiger partial charge is 0.231 e. The van der Waals surface area contributed by atoms with Gasteiger partial charge in [0, 0.05) is 6.42 Å². The summed E-state index contributed by atoms with van der Waals surface area (Å²) < 4.78 is 0. The molecule has 0 saturated carbocycles. The summed E-state index contributed by atoms with van der Waals surface area (Å²) in [7, 11) is 0. The first-order valence-corrected chi connectivity index (χ1v) is 2.44. The topological polar surface area (TPSA) is 66.9 Å². The summed E-state index contributed by atoms with van der Waals surface area (Å²) in [4.78, 5) is 10.2. The van der Waals surface area contributed by atoms with Crippen molar-refractivity contribution < 1.29 is 4.79 Å². The summed E-state index contributed by atoms with van der Waals surface area (Å²) in [5, 5.41) is 7.92. The molecule has 0 heterocycles. The number of hydrogen-bond donors (Lipinski definition) is 1. The molecule has 0 aromatic rings. The molecule has 0 radical (unpaired) electrons. The van der Waals surface area contributed by atoms with Gasteiger partial charge in [-0.15, -0.1) is 0 Å². The fraction of sp³-hybridized carbons (Fsp3) is 0.600. The summed E-state index contributed by atoms with van der Waals surface area (Å²) >= 11 is 0. The molecule has 0 saturated heterocycles. The molecule has 0 atom stereocenters. The van der Waals surface area contributed by atoms with Gasteiger partial charge in [-0.1, -0.05) is 0 Å². The van der Waals surface area contributed by atoms with Gasteiger partial charge >= 0.3 is 0 Å². The Hall–Kier alpha value is -0.880. The third-order valence-electron chi connectivity index (χ3n) is 0.733. The van der Waals surface area contributed by atoms with E-state index in [1.807, 2.05) is 0 Å². The lowest BCUT2D eigenvalue weighted by Crippen LogP contribution is -2.01. The summed E-state index contributed by atoms with van der Waals surface area (Å²) in [6.45, 7) is 0.480. The van der Waals surface area contributed by atoms with Crippen LogP contribution in [0.15, 0.2) is 0 Å². The van der Waals surface area contributed by atoms with Gasteiger partial charge in [0.1, 0.15) is 6.07 Å². The van der Waals surface area contributed by atoms with Crippen LogP contribution in [0.1, 0.15) is 12.8 Å². The molecule has 0 aliphatic carbocycles. The molecule has 0 fully saturated rings. The van der Waals surface area contributed by atoms with Crippen LogP contribution in [0.5, 0.6) is 0 Å². The second kappa shape index (κ2) is 4.28. The number of ketones is 1. The van der Waals surface area contributed by atoms with E-state index in [9.17, 15) is 4.79 Å². The van der Waals surface area contributed by atoms with Gasteiger partial charge < -0.3 is 5.73 Å². The fourth-order valence-corrected chi connectivity index (χ4v) is 0.319. The van der Waals surface area contributed by atoms with E-state index < -0.39 is 0 Å². The Morgan fingerprint density at radius 3 is 2.75 bits per heavy atom. The van der Waals surface area contributed by atoms with E-state index in [-0.39, 0.29) is 5.78 Å². The van der Waals surface area contributed by atoms with Gasteiger partial charge in [-0.3, -0.25) is 4.79 Å². The minimum atomic E-state index is -0.379. The molecule has 0 spiro atoms. The molecule has 0 bridgehead atoms. The Bertz CT molecular complexity index is 114. The maximum absolute atomic E-state index is 10.2. The molecule has 0 aromatic heterocycles. The molecule has 0 rings (SSSR count). The summed E-state index contributed by atoms with van der Waals surface area (Å²) in [6, 6.07) is 1.51. The number of Topliss-reactive ketones (excluding diaryl/α,β-unsaturated/α-hetero) is 1. The molecule has 3 nitrogen and oxygen atoms in total. The monoisotopic (exact) mass is 112 g/mol. The number of carbonyl (C=O) groups excluding carboxylic acids is 1. The number of nitriles is 1. The maximum Gasteiger partial charge on any atom is 0.231 e. The predicted octanol–water partition coefficient (Wildman–Crippen LogP) is -0.182. The van der Waals surface area contributed by atoms with Crippen molar-refractivity contribution in [1.29, 1.82) is 5.26 Å². The zero-order valence-corrected chi connectivity index (χ0v) is 4.55. The van der Waals surface area contributed by atoms with Crippen molar-refractivity contribution >= 4 is 5.78 Å². The zero-order chi connectivity index (χ0) is 6.41. The molecule has 0 unspecified atom stereocenters. The van der Waals surface area contributed by atoms with Gasteiger partial charge in [0.2, 0.25) is 5.78 Å². The Kier molecular flexibility index (Phi) is 3.81. The van der Waals surface area contributed by atoms with Crippen LogP contribution >= 0.6 is 0 Å². The van der Waals surface area contributed by atoms with E-state index in [1.54, 1.807) is 0 Å². The zero-order valence-electron chi connectivity index (χ0n) is 4.55. The predicted molar refractivity (Wildman–Crippen MR) is 28.9 cm³/mol. The minimum Gasteiger partial charge on any atom is -0.330 e. The van der Waals surface area contributed by atoms with E-state index in [0.29, 0.717) is 19.4 Å². The first-order valence-electron chi connectivity index (χ1n) is 2.44. The standard InChI is InChI=1S/C5H8N2O/c6-3-1-2-5(8)4-7/h1-3,6H2. The SMILES string of the molecule is N#CC(=O)CCCN. The van der Waals surface area contributed by atoms with Crippen LogP contribution in [0.2, 0.25) is 0 Å². The highest BCUT2D eigenvalue weighted by molar-refractivity contribution is 5.93. The van der Waals surface area contributed by atoms with Crippen molar-refractivity contribution in [2.24, 2.45) is 5.73 Å². The van der Waals surface area contributed by atoms with Crippen molar-refractivity contribution in [2.75, 3.05) is 6.54 Å². The first-order chi connectivity index (χ1) is 3.81. The largest absolute Gasteiger partial charge is 0.330 e. The van der Waals surface area contributed by atoms with Crippen LogP contribution in [0.3, 0.4) is 0 Å². The Morgan fingerprint density at radius 2 is 2.38 bits per heavy atom. The molecular formula is C5H8N2O. The Morgan fingerprint density at radius 1 is 1.75 bits per heavy atom. The average Bonchev–Trinajstić information content (AvgIpc) is 1.83. The summed E-state index contributed by atoms with van der Waals surface area (Å²) in [5.74, 6) is -0.379. The third kappa shape index (κ3) is 3.32. The minimum absolute atomic E-state index is 0.299. The average molecular weight is 112 g/mol. The van der Waals surface area contributed by atoms with Gasteiger partial charge in [0.25, 0.3) is 0 Å². The van der Waals surface area contributed by atoms with E-state index in [4.69, 9.17) is 11.0 Å². The second-order valence-electron chi connectivity index (χ2n) is 1.43. The van der Waals surface area contributed by atoms with Crippen LogP contribution in [0, 0.1) is 11.3 Å². The van der Waals surface area contributed by atoms with Gasteiger partial charge in [-0.2, -0.15) is 5.26 Å². The van der Waals surface area contributed by atoms with E-state index in [1.165, 1.54) is 6.07 Å². The molecular weight excluding hydrogens is 104 g/mol. The highest BCUT2D eigenvalue weighted by atomic mass is 16.1. The molecule has 2 N–H and O–H groups in total. The van der Waals surface area contributed by atoms with E-state index in [0.717, 1.165) is 0 Å². The number of carbonyl (C=O) groups is 1. The molecule has 0 amide bonds. The lowest BCUT2D eigenvalue weighted by Gasteiger charge is -1.85. The van der Waals surface area contributed by atoms with Crippen LogP contribution in [0.25, 0.3) is 0 Å². The van der Waals surface area contributed by atoms with Crippen molar-refractivity contribution in [3.05, 3.63) is 0 Å². The van der Waals surface area contributed by atoms with Crippen LogP contribution in [-0.4, -0.2) is 12.3 Å². The van der Waals surface area contributed by atoms with Crippen LogP contribution in [0.4, 0.5) is 0 Å². The van der Waals surface area contributed by atoms with Crippen LogP contribution in [-0.2, 0) is 4.79 Å². The number of nitrogens with zero attached hydrogens (tertiary/aromatic N) is 1. The Labute approximate surface area is 48.1 Å². The van der Waals surface area contributed by atoms with Crippen molar-refractivity contribution in [3.8, 4) is 6.07 Å². The van der Waals surface area contributed by atoms with Crippen LogP contribution < -0.4 is 5.73 Å². The summed E-state index contributed by atoms with van der Waals surface area (Å²) in [5.41, 5.74) is 5.07. The second-order valence-corrected chi connectivity index (χ2v) is 1.43. The molecule has 0 aliphatic heterocycles. The highest BCUT2D eigenvalue weighted by Crippen LogP contribution is 1.84. The maximum atomic E-state index is 10.2. The third-order valence-corrected chi connectivity index (χ3v) is 0.733. The van der Waals surface area contributed by atoms with Gasteiger partial charge in [0.15, 0.2) is 0 Å². The molecule has 0 aliphatic rings. The van der Waals surface area contributed by atoms with Crippen molar-refractivity contribution in [3.63, 3.8) is 0 Å².